The van der Waals surface area contributed by atoms with Crippen molar-refractivity contribution in [2.45, 2.75) is 45.4 Å². The number of nitriles is 1. The minimum absolute atomic E-state index is 0.0847. The van der Waals surface area contributed by atoms with Crippen molar-refractivity contribution in [2.75, 3.05) is 32.1 Å². The number of aromatic nitrogens is 4. The molecule has 33 heavy (non-hydrogen) atoms. The summed E-state index contributed by atoms with van der Waals surface area (Å²) in [5.41, 5.74) is 4.72. The summed E-state index contributed by atoms with van der Waals surface area (Å²) in [5, 5.41) is 18.4. The van der Waals surface area contributed by atoms with Gasteiger partial charge in [0.2, 0.25) is 5.91 Å². The molecule has 3 aromatic rings. The van der Waals surface area contributed by atoms with Crippen LogP contribution < -0.4 is 4.90 Å². The zero-order valence-corrected chi connectivity index (χ0v) is 19.3. The fourth-order valence-corrected chi connectivity index (χ4v) is 4.96. The average molecular weight is 451 g/mol. The first-order valence-electron chi connectivity index (χ1n) is 11.1. The second-order valence-corrected chi connectivity index (χ2v) is 9.26. The summed E-state index contributed by atoms with van der Waals surface area (Å²) < 4.78 is 18.1. The van der Waals surface area contributed by atoms with Crippen LogP contribution >= 0.6 is 0 Å². The molecule has 5 heterocycles. The molecule has 0 fully saturated rings. The number of carbonyl (C=O) groups excluding carboxylic acids is 1. The monoisotopic (exact) mass is 450 g/mol. The van der Waals surface area contributed by atoms with E-state index in [0.717, 1.165) is 29.7 Å². The van der Waals surface area contributed by atoms with Gasteiger partial charge in [-0.1, -0.05) is 0 Å². The summed E-state index contributed by atoms with van der Waals surface area (Å²) in [6.07, 6.45) is 1.97. The Morgan fingerprint density at radius 2 is 2.06 bits per heavy atom. The van der Waals surface area contributed by atoms with Gasteiger partial charge in [0, 0.05) is 38.8 Å². The van der Waals surface area contributed by atoms with E-state index < -0.39 is 5.82 Å². The number of halogens is 1. The molecular weight excluding hydrogens is 423 g/mol. The molecule has 5 rings (SSSR count). The van der Waals surface area contributed by atoms with Crippen LogP contribution in [0.15, 0.2) is 18.3 Å². The molecule has 0 saturated heterocycles. The highest BCUT2D eigenvalue weighted by Gasteiger charge is 2.35. The van der Waals surface area contributed by atoms with Crippen molar-refractivity contribution in [2.24, 2.45) is 0 Å². The Morgan fingerprint density at radius 1 is 1.27 bits per heavy atom. The summed E-state index contributed by atoms with van der Waals surface area (Å²) in [4.78, 5) is 18.2. The topological polar surface area (TPSA) is 85.7 Å². The van der Waals surface area contributed by atoms with Crippen molar-refractivity contribution in [3.8, 4) is 6.07 Å². The fraction of sp³-hybridized carbons (Fsp3) is 0.478. The van der Waals surface area contributed by atoms with E-state index in [1.54, 1.807) is 31.1 Å². The molecular formula is C23H27FN8O. The lowest BCUT2D eigenvalue weighted by atomic mass is 9.97. The number of likely N-dealkylation sites (N-methyl/N-ethyl adjacent to an activating group) is 1. The molecule has 2 aliphatic rings. The summed E-state index contributed by atoms with van der Waals surface area (Å²) >= 11 is 0. The number of amides is 1. The lowest BCUT2D eigenvalue weighted by molar-refractivity contribution is -0.130. The highest BCUT2D eigenvalue weighted by molar-refractivity contribution is 5.77. The van der Waals surface area contributed by atoms with Gasteiger partial charge in [-0.25, -0.2) is 8.91 Å². The van der Waals surface area contributed by atoms with Crippen LogP contribution in [0.5, 0.6) is 0 Å². The average Bonchev–Trinajstić information content (AvgIpc) is 3.34. The van der Waals surface area contributed by atoms with E-state index in [4.69, 9.17) is 5.10 Å². The lowest BCUT2D eigenvalue weighted by Gasteiger charge is -2.36. The smallest absolute Gasteiger partial charge is 0.236 e. The summed E-state index contributed by atoms with van der Waals surface area (Å²) in [6.45, 7) is 6.53. The molecule has 0 bridgehead atoms. The number of hydrogen-bond donors (Lipinski definition) is 0. The summed E-state index contributed by atoms with van der Waals surface area (Å²) in [5.74, 6) is -0.354. The number of carbonyl (C=O) groups is 1. The maximum absolute atomic E-state index is 14.7. The second-order valence-electron chi connectivity index (χ2n) is 9.26. The first kappa shape index (κ1) is 21.4. The van der Waals surface area contributed by atoms with Gasteiger partial charge < -0.3 is 9.80 Å². The van der Waals surface area contributed by atoms with Crippen molar-refractivity contribution in [3.05, 3.63) is 46.8 Å². The van der Waals surface area contributed by atoms with Gasteiger partial charge in [-0.05, 0) is 32.4 Å². The Balaban J connectivity index is 1.49. The minimum atomic E-state index is -0.439. The van der Waals surface area contributed by atoms with E-state index in [-0.39, 0.29) is 18.0 Å². The van der Waals surface area contributed by atoms with Gasteiger partial charge >= 0.3 is 0 Å². The lowest BCUT2D eigenvalue weighted by Crippen LogP contribution is -2.44. The van der Waals surface area contributed by atoms with Crippen LogP contribution in [0.4, 0.5) is 10.1 Å². The highest BCUT2D eigenvalue weighted by Crippen LogP contribution is 2.35. The Bertz CT molecular complexity index is 1290. The van der Waals surface area contributed by atoms with Gasteiger partial charge in [0.15, 0.2) is 5.82 Å². The van der Waals surface area contributed by atoms with Crippen molar-refractivity contribution in [1.29, 1.82) is 5.26 Å². The van der Waals surface area contributed by atoms with Crippen LogP contribution in [0.25, 0.3) is 5.52 Å². The molecule has 0 spiro atoms. The van der Waals surface area contributed by atoms with Gasteiger partial charge in [0.25, 0.3) is 0 Å². The third kappa shape index (κ3) is 3.43. The number of rotatable bonds is 3. The first-order valence-corrected chi connectivity index (χ1v) is 11.1. The maximum Gasteiger partial charge on any atom is 0.236 e. The standard InChI is InChI=1S/C23H27FN8O/c1-14-7-17-19(11-29(14)13-22(33)28(3)4)27-31-15(2)10-30(12-21(17)31)20-6-5-16(8-25)32-23(20)18(24)9-26-32/h5-6,9,14-15H,7,10-13H2,1-4H3/t14-,15+/m0/s1. The van der Waals surface area contributed by atoms with E-state index in [1.165, 1.54) is 10.1 Å². The predicted molar refractivity (Wildman–Crippen MR) is 120 cm³/mol. The Hall–Kier alpha value is -3.45. The van der Waals surface area contributed by atoms with Gasteiger partial charge in [0.1, 0.15) is 17.3 Å². The highest BCUT2D eigenvalue weighted by atomic mass is 19.1. The molecule has 172 valence electrons. The van der Waals surface area contributed by atoms with Gasteiger partial charge in [-0.3, -0.25) is 14.4 Å². The largest absolute Gasteiger partial charge is 0.362 e. The van der Waals surface area contributed by atoms with Crippen LogP contribution in [0.3, 0.4) is 0 Å². The SMILES string of the molecule is C[C@@H]1CN(c2ccc(C#N)n3ncc(F)c23)Cc2c3c(nn21)CN(CC(=O)N(C)C)[C@@H](C)C3. The van der Waals surface area contributed by atoms with Crippen LogP contribution in [0.2, 0.25) is 0 Å². The third-order valence-electron chi connectivity index (χ3n) is 6.81. The van der Waals surface area contributed by atoms with Crippen LogP contribution in [0, 0.1) is 17.1 Å². The molecule has 0 radical (unpaired) electrons. The Kier molecular flexibility index (Phi) is 5.09. The van der Waals surface area contributed by atoms with E-state index in [9.17, 15) is 14.4 Å². The van der Waals surface area contributed by atoms with Crippen LogP contribution in [-0.2, 0) is 24.3 Å². The molecule has 9 nitrogen and oxygen atoms in total. The van der Waals surface area contributed by atoms with Crippen LogP contribution in [0.1, 0.15) is 42.5 Å². The van der Waals surface area contributed by atoms with Crippen LogP contribution in [-0.4, -0.2) is 68.3 Å². The maximum atomic E-state index is 14.7. The van der Waals surface area contributed by atoms with E-state index in [0.29, 0.717) is 37.4 Å². The molecule has 2 atom stereocenters. The zero-order valence-electron chi connectivity index (χ0n) is 19.3. The van der Waals surface area contributed by atoms with Crippen molar-refractivity contribution in [3.63, 3.8) is 0 Å². The summed E-state index contributed by atoms with van der Waals surface area (Å²) in [6, 6.07) is 5.87. The quantitative estimate of drug-likeness (QED) is 0.607. The van der Waals surface area contributed by atoms with E-state index in [1.807, 2.05) is 0 Å². The van der Waals surface area contributed by atoms with E-state index >= 15 is 0 Å². The van der Waals surface area contributed by atoms with Crippen molar-refractivity contribution >= 4 is 17.1 Å². The number of nitrogens with zero attached hydrogens (tertiary/aromatic N) is 8. The predicted octanol–water partition coefficient (Wildman–Crippen LogP) is 1.96. The molecule has 0 saturated carbocycles. The molecule has 3 aromatic heterocycles. The van der Waals surface area contributed by atoms with Gasteiger partial charge in [0.05, 0.1) is 42.4 Å². The zero-order chi connectivity index (χ0) is 23.4. The molecule has 0 N–H and O–H groups in total. The first-order chi connectivity index (χ1) is 15.8. The summed E-state index contributed by atoms with van der Waals surface area (Å²) in [7, 11) is 3.55. The number of pyridine rings is 1. The molecule has 0 aromatic carbocycles. The van der Waals surface area contributed by atoms with Gasteiger partial charge in [-0.15, -0.1) is 0 Å². The third-order valence-corrected chi connectivity index (χ3v) is 6.81. The Morgan fingerprint density at radius 3 is 2.79 bits per heavy atom. The van der Waals surface area contributed by atoms with Crippen molar-refractivity contribution < 1.29 is 9.18 Å². The van der Waals surface area contributed by atoms with Crippen molar-refractivity contribution in [1.82, 2.24) is 29.2 Å². The molecule has 10 heteroatoms. The van der Waals surface area contributed by atoms with E-state index in [2.05, 4.69) is 39.5 Å². The molecule has 0 aliphatic carbocycles. The number of hydrogen-bond acceptors (Lipinski definition) is 6. The molecule has 0 unspecified atom stereocenters. The fourth-order valence-electron chi connectivity index (χ4n) is 4.96. The Labute approximate surface area is 191 Å². The normalized spacial score (nSPS) is 20.4. The number of fused-ring (bicyclic) bond motifs is 4. The van der Waals surface area contributed by atoms with Gasteiger partial charge in [-0.2, -0.15) is 15.5 Å². The minimum Gasteiger partial charge on any atom is -0.362 e. The number of anilines is 1. The molecule has 2 aliphatic heterocycles. The molecule has 1 amide bonds. The second kappa shape index (κ2) is 7.85.